The fourth-order valence-electron chi connectivity index (χ4n) is 1.78. The van der Waals surface area contributed by atoms with Gasteiger partial charge in [0.2, 0.25) is 0 Å². The molecule has 21 heavy (non-hydrogen) atoms. The first-order valence-corrected chi connectivity index (χ1v) is 7.05. The fourth-order valence-corrected chi connectivity index (χ4v) is 1.78. The summed E-state index contributed by atoms with van der Waals surface area (Å²) in [6.45, 7) is 5.13. The van der Waals surface area contributed by atoms with E-state index in [1.807, 2.05) is 19.1 Å². The number of phenolic OH excluding ortho intramolecular Hbond substituents is 1. The lowest BCUT2D eigenvalue weighted by Gasteiger charge is -2.11. The van der Waals surface area contributed by atoms with Crippen LogP contribution in [-0.4, -0.2) is 44.4 Å². The van der Waals surface area contributed by atoms with E-state index >= 15 is 0 Å². The molecule has 1 aromatic rings. The number of hydrogen-bond acceptors (Lipinski definition) is 3. The molecular weight excluding hydrogens is 381 g/mol. The summed E-state index contributed by atoms with van der Waals surface area (Å²) in [5.41, 5.74) is 1.10. The number of nitrogens with one attached hydrogen (secondary N) is 2. The third-order valence-corrected chi connectivity index (χ3v) is 2.74. The summed E-state index contributed by atoms with van der Waals surface area (Å²) in [6.07, 6.45) is 1.76. The van der Waals surface area contributed by atoms with Crippen LogP contribution in [0, 0.1) is 0 Å². The zero-order valence-corrected chi connectivity index (χ0v) is 15.1. The van der Waals surface area contributed by atoms with Crippen molar-refractivity contribution in [2.75, 3.05) is 33.4 Å². The molecule has 0 amide bonds. The standard InChI is InChI=1S/C15H25N3O2.HI/c1-3-16-15(17-9-5-11-20-2)18-10-8-13-6-4-7-14(19)12-13;/h4,6-7,12,19H,3,5,8-11H2,1-2H3,(H2,16,17,18);1H. The van der Waals surface area contributed by atoms with Gasteiger partial charge >= 0.3 is 0 Å². The zero-order valence-electron chi connectivity index (χ0n) is 12.8. The normalized spacial score (nSPS) is 10.9. The lowest BCUT2D eigenvalue weighted by molar-refractivity contribution is 0.197. The van der Waals surface area contributed by atoms with Gasteiger partial charge in [-0.05, 0) is 37.5 Å². The van der Waals surface area contributed by atoms with Gasteiger partial charge in [-0.25, -0.2) is 0 Å². The summed E-state index contributed by atoms with van der Waals surface area (Å²) < 4.78 is 5.00. The van der Waals surface area contributed by atoms with Crippen LogP contribution in [0.25, 0.3) is 0 Å². The Hall–Kier alpha value is -1.02. The van der Waals surface area contributed by atoms with E-state index in [9.17, 15) is 5.11 Å². The number of aromatic hydroxyl groups is 1. The molecule has 0 saturated carbocycles. The van der Waals surface area contributed by atoms with E-state index in [4.69, 9.17) is 4.74 Å². The third kappa shape index (κ3) is 9.52. The van der Waals surface area contributed by atoms with E-state index in [1.54, 1.807) is 19.2 Å². The van der Waals surface area contributed by atoms with Gasteiger partial charge in [0.25, 0.3) is 0 Å². The molecule has 5 nitrogen and oxygen atoms in total. The maximum Gasteiger partial charge on any atom is 0.191 e. The molecule has 0 atom stereocenters. The molecule has 0 aliphatic rings. The highest BCUT2D eigenvalue weighted by atomic mass is 127. The quantitative estimate of drug-likeness (QED) is 0.268. The number of aliphatic imine (C=N–C) groups is 1. The van der Waals surface area contributed by atoms with Crippen molar-refractivity contribution in [2.45, 2.75) is 19.8 Å². The first kappa shape index (κ1) is 20.0. The average molecular weight is 407 g/mol. The molecular formula is C15H26IN3O2. The predicted molar refractivity (Wildman–Crippen MR) is 97.7 cm³/mol. The Morgan fingerprint density at radius 3 is 2.81 bits per heavy atom. The highest BCUT2D eigenvalue weighted by Crippen LogP contribution is 2.10. The Morgan fingerprint density at radius 1 is 1.33 bits per heavy atom. The van der Waals surface area contributed by atoms with Crippen LogP contribution in [0.5, 0.6) is 5.75 Å². The minimum atomic E-state index is 0. The number of halogens is 1. The first-order valence-electron chi connectivity index (χ1n) is 7.05. The first-order chi connectivity index (χ1) is 9.76. The van der Waals surface area contributed by atoms with Crippen LogP contribution >= 0.6 is 24.0 Å². The maximum atomic E-state index is 9.40. The zero-order chi connectivity index (χ0) is 14.6. The van der Waals surface area contributed by atoms with Crippen molar-refractivity contribution >= 4 is 29.9 Å². The Kier molecular flexibility index (Phi) is 12.1. The number of nitrogens with zero attached hydrogens (tertiary/aromatic N) is 1. The largest absolute Gasteiger partial charge is 0.508 e. The van der Waals surface area contributed by atoms with E-state index in [1.165, 1.54) is 0 Å². The van der Waals surface area contributed by atoms with Crippen LogP contribution in [0.15, 0.2) is 29.3 Å². The molecule has 3 N–H and O–H groups in total. The minimum absolute atomic E-state index is 0. The van der Waals surface area contributed by atoms with Crippen molar-refractivity contribution in [1.29, 1.82) is 0 Å². The molecule has 0 saturated heterocycles. The van der Waals surface area contributed by atoms with Gasteiger partial charge in [-0.2, -0.15) is 0 Å². The predicted octanol–water partition coefficient (Wildman–Crippen LogP) is 2.14. The summed E-state index contributed by atoms with van der Waals surface area (Å²) in [6, 6.07) is 7.32. The van der Waals surface area contributed by atoms with Crippen LogP contribution in [0.2, 0.25) is 0 Å². The minimum Gasteiger partial charge on any atom is -0.508 e. The van der Waals surface area contributed by atoms with Gasteiger partial charge in [0.1, 0.15) is 5.75 Å². The van der Waals surface area contributed by atoms with Gasteiger partial charge in [-0.3, -0.25) is 4.99 Å². The molecule has 0 spiro atoms. The summed E-state index contributed by atoms with van der Waals surface area (Å²) in [4.78, 5) is 4.46. The number of ether oxygens (including phenoxy) is 1. The lowest BCUT2D eigenvalue weighted by Crippen LogP contribution is -2.38. The van der Waals surface area contributed by atoms with Crippen LogP contribution in [0.3, 0.4) is 0 Å². The topological polar surface area (TPSA) is 65.9 Å². The molecule has 0 bridgehead atoms. The maximum absolute atomic E-state index is 9.40. The van der Waals surface area contributed by atoms with Crippen molar-refractivity contribution in [1.82, 2.24) is 10.6 Å². The molecule has 0 aliphatic carbocycles. The smallest absolute Gasteiger partial charge is 0.191 e. The summed E-state index contributed by atoms with van der Waals surface area (Å²) in [7, 11) is 1.70. The third-order valence-electron chi connectivity index (χ3n) is 2.74. The molecule has 0 radical (unpaired) electrons. The number of methoxy groups -OCH3 is 1. The summed E-state index contributed by atoms with van der Waals surface area (Å²) >= 11 is 0. The Balaban J connectivity index is 0.00000400. The molecule has 0 aliphatic heterocycles. The molecule has 0 heterocycles. The number of phenols is 1. The van der Waals surface area contributed by atoms with Gasteiger partial charge in [-0.15, -0.1) is 24.0 Å². The average Bonchev–Trinajstić information content (AvgIpc) is 2.43. The van der Waals surface area contributed by atoms with Crippen LogP contribution in [-0.2, 0) is 11.2 Å². The van der Waals surface area contributed by atoms with E-state index in [0.29, 0.717) is 5.75 Å². The van der Waals surface area contributed by atoms with Crippen molar-refractivity contribution in [3.63, 3.8) is 0 Å². The van der Waals surface area contributed by atoms with Crippen molar-refractivity contribution in [3.8, 4) is 5.75 Å². The number of guanidine groups is 1. The molecule has 6 heteroatoms. The number of hydrogen-bond donors (Lipinski definition) is 3. The molecule has 1 rings (SSSR count). The highest BCUT2D eigenvalue weighted by molar-refractivity contribution is 14.0. The van der Waals surface area contributed by atoms with Crippen LogP contribution < -0.4 is 10.6 Å². The second-order valence-corrected chi connectivity index (χ2v) is 4.45. The molecule has 0 unspecified atom stereocenters. The van der Waals surface area contributed by atoms with Crippen LogP contribution in [0.4, 0.5) is 0 Å². The summed E-state index contributed by atoms with van der Waals surface area (Å²) in [5, 5.41) is 15.9. The lowest BCUT2D eigenvalue weighted by atomic mass is 10.1. The molecule has 0 aromatic heterocycles. The Morgan fingerprint density at radius 2 is 2.14 bits per heavy atom. The SMILES string of the molecule is CCNC(=NCCCOC)NCCc1cccc(O)c1.I. The fraction of sp³-hybridized carbons (Fsp3) is 0.533. The van der Waals surface area contributed by atoms with Gasteiger partial charge in [-0.1, -0.05) is 12.1 Å². The van der Waals surface area contributed by atoms with Gasteiger partial charge in [0, 0.05) is 33.4 Å². The van der Waals surface area contributed by atoms with E-state index in [2.05, 4.69) is 15.6 Å². The van der Waals surface area contributed by atoms with Crippen molar-refractivity contribution in [3.05, 3.63) is 29.8 Å². The number of benzene rings is 1. The number of rotatable bonds is 8. The highest BCUT2D eigenvalue weighted by Gasteiger charge is 1.98. The monoisotopic (exact) mass is 407 g/mol. The molecule has 1 aromatic carbocycles. The van der Waals surface area contributed by atoms with E-state index in [-0.39, 0.29) is 24.0 Å². The van der Waals surface area contributed by atoms with Gasteiger partial charge in [0.05, 0.1) is 0 Å². The van der Waals surface area contributed by atoms with Crippen LogP contribution in [0.1, 0.15) is 18.9 Å². The second kappa shape index (κ2) is 12.7. The van der Waals surface area contributed by atoms with Gasteiger partial charge in [0.15, 0.2) is 5.96 Å². The Labute approximate surface area is 144 Å². The van der Waals surface area contributed by atoms with Gasteiger partial charge < -0.3 is 20.5 Å². The van der Waals surface area contributed by atoms with E-state index in [0.717, 1.165) is 50.6 Å². The second-order valence-electron chi connectivity index (χ2n) is 4.45. The summed E-state index contributed by atoms with van der Waals surface area (Å²) in [5.74, 6) is 1.13. The van der Waals surface area contributed by atoms with E-state index < -0.39 is 0 Å². The Bertz CT molecular complexity index is 414. The molecule has 120 valence electrons. The van der Waals surface area contributed by atoms with Crippen molar-refractivity contribution < 1.29 is 9.84 Å². The molecule has 0 fully saturated rings. The van der Waals surface area contributed by atoms with Crippen molar-refractivity contribution in [2.24, 2.45) is 4.99 Å².